The maximum absolute atomic E-state index is 12.3. The number of ether oxygens (including phenoxy) is 3. The van der Waals surface area contributed by atoms with E-state index >= 15 is 0 Å². The minimum atomic E-state index is -0.942. The monoisotopic (exact) mass is 336 g/mol. The smallest absolute Gasteiger partial charge is 0.416 e. The van der Waals surface area contributed by atoms with Crippen molar-refractivity contribution >= 4 is 23.7 Å². The highest BCUT2D eigenvalue weighted by Crippen LogP contribution is 2.25. The van der Waals surface area contributed by atoms with Crippen molar-refractivity contribution in [3.05, 3.63) is 24.3 Å². The van der Waals surface area contributed by atoms with Gasteiger partial charge in [0, 0.05) is 0 Å². The maximum Gasteiger partial charge on any atom is 0.416 e. The van der Waals surface area contributed by atoms with E-state index in [1.807, 2.05) is 0 Å². The number of cyclic esters (lactones) is 1. The van der Waals surface area contributed by atoms with Gasteiger partial charge in [-0.15, -0.1) is 0 Å². The highest BCUT2D eigenvalue weighted by molar-refractivity contribution is 5.96. The molecule has 1 aromatic carbocycles. The van der Waals surface area contributed by atoms with E-state index in [4.69, 9.17) is 14.2 Å². The highest BCUT2D eigenvalue weighted by atomic mass is 16.6. The van der Waals surface area contributed by atoms with Crippen LogP contribution < -0.4 is 10.1 Å². The van der Waals surface area contributed by atoms with Crippen molar-refractivity contribution < 1.29 is 28.6 Å². The molecule has 0 spiro atoms. The number of hydrogen-bond acceptors (Lipinski definition) is 7. The van der Waals surface area contributed by atoms with Crippen LogP contribution in [-0.4, -0.2) is 55.8 Å². The lowest BCUT2D eigenvalue weighted by Crippen LogP contribution is -2.40. The molecular formula is C16H20N2O6. The minimum absolute atomic E-state index is 0.161. The summed E-state index contributed by atoms with van der Waals surface area (Å²) in [6.07, 6.45) is -0.925. The summed E-state index contributed by atoms with van der Waals surface area (Å²) in [5.74, 6) is -0.554. The van der Waals surface area contributed by atoms with E-state index < -0.39 is 24.0 Å². The SMILES string of the molecule is CCOC(=O)[C@H](CC(=O)N1CCOC1=O)Nc1ccccc1OC. The fraction of sp³-hybridized carbons (Fsp3) is 0.438. The zero-order chi connectivity index (χ0) is 17.5. The zero-order valence-electron chi connectivity index (χ0n) is 13.6. The van der Waals surface area contributed by atoms with Crippen molar-refractivity contribution in [1.29, 1.82) is 0 Å². The number of para-hydroxylation sites is 2. The molecule has 1 heterocycles. The highest BCUT2D eigenvalue weighted by Gasteiger charge is 2.32. The van der Waals surface area contributed by atoms with Crippen LogP contribution in [0.25, 0.3) is 0 Å². The number of nitrogens with zero attached hydrogens (tertiary/aromatic N) is 1. The molecule has 24 heavy (non-hydrogen) atoms. The van der Waals surface area contributed by atoms with Gasteiger partial charge in [0.05, 0.1) is 32.4 Å². The van der Waals surface area contributed by atoms with Gasteiger partial charge >= 0.3 is 12.1 Å². The zero-order valence-corrected chi connectivity index (χ0v) is 13.6. The average Bonchev–Trinajstić information content (AvgIpc) is 3.01. The molecule has 0 saturated carbocycles. The summed E-state index contributed by atoms with van der Waals surface area (Å²) in [7, 11) is 1.51. The van der Waals surface area contributed by atoms with Crippen molar-refractivity contribution in [2.45, 2.75) is 19.4 Å². The average molecular weight is 336 g/mol. The summed E-state index contributed by atoms with van der Waals surface area (Å²) in [6, 6.07) is 6.06. The van der Waals surface area contributed by atoms with Gasteiger partial charge < -0.3 is 19.5 Å². The van der Waals surface area contributed by atoms with Gasteiger partial charge in [-0.1, -0.05) is 12.1 Å². The Labute approximate surface area is 139 Å². The van der Waals surface area contributed by atoms with E-state index in [-0.39, 0.29) is 26.2 Å². The number of anilines is 1. The molecule has 2 rings (SSSR count). The summed E-state index contributed by atoms with van der Waals surface area (Å²) < 4.78 is 15.0. The number of esters is 1. The number of carbonyl (C=O) groups excluding carboxylic acids is 3. The molecule has 8 nitrogen and oxygen atoms in total. The number of carbonyl (C=O) groups is 3. The number of nitrogens with one attached hydrogen (secondary N) is 1. The first kappa shape index (κ1) is 17.6. The third-order valence-corrected chi connectivity index (χ3v) is 3.45. The Morgan fingerprint density at radius 2 is 2.12 bits per heavy atom. The Bertz CT molecular complexity index is 618. The van der Waals surface area contributed by atoms with Crippen LogP contribution in [0.2, 0.25) is 0 Å². The number of amides is 2. The van der Waals surface area contributed by atoms with Gasteiger partial charge in [-0.25, -0.2) is 14.5 Å². The van der Waals surface area contributed by atoms with Crippen LogP contribution in [0.15, 0.2) is 24.3 Å². The molecule has 8 heteroatoms. The molecule has 1 aliphatic heterocycles. The first-order valence-electron chi connectivity index (χ1n) is 7.60. The van der Waals surface area contributed by atoms with Gasteiger partial charge in [0.15, 0.2) is 0 Å². The lowest BCUT2D eigenvalue weighted by atomic mass is 10.1. The summed E-state index contributed by atoms with van der Waals surface area (Å²) >= 11 is 0. The maximum atomic E-state index is 12.3. The van der Waals surface area contributed by atoms with Gasteiger partial charge in [-0.2, -0.15) is 0 Å². The first-order valence-corrected chi connectivity index (χ1v) is 7.60. The van der Waals surface area contributed by atoms with E-state index in [0.29, 0.717) is 11.4 Å². The van der Waals surface area contributed by atoms with Gasteiger partial charge in [0.2, 0.25) is 5.91 Å². The topological polar surface area (TPSA) is 94.2 Å². The second-order valence-corrected chi connectivity index (χ2v) is 5.01. The normalized spacial score (nSPS) is 14.8. The summed E-state index contributed by atoms with van der Waals surface area (Å²) in [4.78, 5) is 36.9. The van der Waals surface area contributed by atoms with Crippen molar-refractivity contribution in [2.24, 2.45) is 0 Å². The molecule has 0 aromatic heterocycles. The van der Waals surface area contributed by atoms with Crippen molar-refractivity contribution in [1.82, 2.24) is 4.90 Å². The van der Waals surface area contributed by atoms with E-state index in [1.54, 1.807) is 31.2 Å². The number of hydrogen-bond donors (Lipinski definition) is 1. The molecule has 0 unspecified atom stereocenters. The molecule has 1 atom stereocenters. The summed E-state index contributed by atoms with van der Waals surface area (Å²) in [6.45, 7) is 2.21. The Kier molecular flexibility index (Phi) is 6.00. The van der Waals surface area contributed by atoms with Crippen LogP contribution in [0.1, 0.15) is 13.3 Å². The standard InChI is InChI=1S/C16H20N2O6/c1-3-23-15(20)12(10-14(19)18-8-9-24-16(18)21)17-11-6-4-5-7-13(11)22-2/h4-7,12,17H,3,8-10H2,1-2H3/t12-/m0/s1. The molecule has 0 bridgehead atoms. The van der Waals surface area contributed by atoms with Gasteiger partial charge in [0.1, 0.15) is 18.4 Å². The second-order valence-electron chi connectivity index (χ2n) is 5.01. The Balaban J connectivity index is 2.13. The molecule has 1 N–H and O–H groups in total. The van der Waals surface area contributed by atoms with Crippen LogP contribution in [0.3, 0.4) is 0 Å². The van der Waals surface area contributed by atoms with Crippen LogP contribution in [0.4, 0.5) is 10.5 Å². The molecule has 2 amide bonds. The van der Waals surface area contributed by atoms with E-state index in [1.165, 1.54) is 7.11 Å². The molecule has 130 valence electrons. The van der Waals surface area contributed by atoms with Crippen molar-refractivity contribution in [3.8, 4) is 5.75 Å². The quantitative estimate of drug-likeness (QED) is 0.752. The Hall–Kier alpha value is -2.77. The van der Waals surface area contributed by atoms with Crippen molar-refractivity contribution in [2.75, 3.05) is 32.2 Å². The fourth-order valence-electron chi connectivity index (χ4n) is 2.29. The predicted octanol–water partition coefficient (Wildman–Crippen LogP) is 1.41. The lowest BCUT2D eigenvalue weighted by molar-refractivity contribution is -0.146. The Morgan fingerprint density at radius 3 is 2.75 bits per heavy atom. The van der Waals surface area contributed by atoms with E-state index in [9.17, 15) is 14.4 Å². The number of benzene rings is 1. The van der Waals surface area contributed by atoms with Crippen LogP contribution in [0, 0.1) is 0 Å². The van der Waals surface area contributed by atoms with Crippen LogP contribution >= 0.6 is 0 Å². The molecule has 0 aliphatic carbocycles. The molecule has 1 aromatic rings. The number of rotatable bonds is 7. The minimum Gasteiger partial charge on any atom is -0.495 e. The van der Waals surface area contributed by atoms with Crippen molar-refractivity contribution in [3.63, 3.8) is 0 Å². The third-order valence-electron chi connectivity index (χ3n) is 3.45. The Morgan fingerprint density at radius 1 is 1.38 bits per heavy atom. The second kappa shape index (κ2) is 8.19. The first-order chi connectivity index (χ1) is 11.6. The molecule has 1 fully saturated rings. The van der Waals surface area contributed by atoms with Gasteiger partial charge in [0.25, 0.3) is 0 Å². The summed E-state index contributed by atoms with van der Waals surface area (Å²) in [5.41, 5.74) is 0.551. The van der Waals surface area contributed by atoms with Gasteiger partial charge in [-0.05, 0) is 19.1 Å². The fourth-order valence-corrected chi connectivity index (χ4v) is 2.29. The predicted molar refractivity (Wildman–Crippen MR) is 84.7 cm³/mol. The molecule has 1 saturated heterocycles. The number of methoxy groups -OCH3 is 1. The van der Waals surface area contributed by atoms with E-state index in [2.05, 4.69) is 5.32 Å². The largest absolute Gasteiger partial charge is 0.495 e. The molecule has 0 radical (unpaired) electrons. The van der Waals surface area contributed by atoms with Gasteiger partial charge in [-0.3, -0.25) is 4.79 Å². The number of imide groups is 1. The third kappa shape index (κ3) is 4.15. The molecular weight excluding hydrogens is 316 g/mol. The van der Waals surface area contributed by atoms with Crippen LogP contribution in [-0.2, 0) is 19.1 Å². The lowest BCUT2D eigenvalue weighted by Gasteiger charge is -2.21. The summed E-state index contributed by atoms with van der Waals surface area (Å²) in [5, 5.41) is 2.95. The van der Waals surface area contributed by atoms with E-state index in [0.717, 1.165) is 4.90 Å². The van der Waals surface area contributed by atoms with Crippen LogP contribution in [0.5, 0.6) is 5.75 Å². The molecule has 1 aliphatic rings.